The molecule has 0 aliphatic rings. The van der Waals surface area contributed by atoms with Gasteiger partial charge in [-0.1, -0.05) is 22.0 Å². The molecule has 0 spiro atoms. The van der Waals surface area contributed by atoms with Gasteiger partial charge in [0.2, 0.25) is 5.88 Å². The van der Waals surface area contributed by atoms with Gasteiger partial charge < -0.3 is 15.4 Å². The van der Waals surface area contributed by atoms with Crippen molar-refractivity contribution in [3.05, 3.63) is 57.9 Å². The van der Waals surface area contributed by atoms with E-state index in [2.05, 4.69) is 36.5 Å². The number of aromatic nitrogens is 1. The van der Waals surface area contributed by atoms with Crippen LogP contribution in [0.4, 0.5) is 4.39 Å². The van der Waals surface area contributed by atoms with Crippen LogP contribution in [0.1, 0.15) is 17.5 Å². The summed E-state index contributed by atoms with van der Waals surface area (Å²) in [5.74, 6) is 1.11. The minimum atomic E-state index is -0.177. The maximum absolute atomic E-state index is 13.8. The quantitative estimate of drug-likeness (QED) is 0.244. The number of nitrogens with zero attached hydrogens (tertiary/aromatic N) is 2. The molecule has 0 unspecified atom stereocenters. The van der Waals surface area contributed by atoms with Crippen LogP contribution in [0, 0.1) is 5.82 Å². The summed E-state index contributed by atoms with van der Waals surface area (Å²) in [6.45, 7) is 1.31. The lowest BCUT2D eigenvalue weighted by Crippen LogP contribution is -2.37. The van der Waals surface area contributed by atoms with E-state index < -0.39 is 0 Å². The number of methoxy groups -OCH3 is 1. The first-order valence-electron chi connectivity index (χ1n) is 7.99. The van der Waals surface area contributed by atoms with Gasteiger partial charge in [0.25, 0.3) is 0 Å². The Hall–Kier alpha value is -1.42. The van der Waals surface area contributed by atoms with E-state index in [0.29, 0.717) is 31.3 Å². The van der Waals surface area contributed by atoms with Gasteiger partial charge in [-0.15, -0.1) is 24.0 Å². The standard InChI is InChI=1S/C18H22BrFN4O.HI/c1-21-18(24-12-13-7-9-22-17(10-13)25-2)23-8-3-4-14-5-6-15(19)11-16(14)20;/h5-7,9-11H,3-4,8,12H2,1-2H3,(H2,21,23,24);1H. The molecule has 0 saturated heterocycles. The van der Waals surface area contributed by atoms with Crippen molar-refractivity contribution in [3.8, 4) is 5.88 Å². The lowest BCUT2D eigenvalue weighted by molar-refractivity contribution is 0.397. The highest BCUT2D eigenvalue weighted by atomic mass is 127. The summed E-state index contributed by atoms with van der Waals surface area (Å²) in [5, 5.41) is 6.46. The molecule has 8 heteroatoms. The number of rotatable bonds is 7. The molecule has 2 rings (SSSR count). The smallest absolute Gasteiger partial charge is 0.213 e. The molecule has 5 nitrogen and oxygen atoms in total. The number of pyridine rings is 1. The maximum atomic E-state index is 13.8. The van der Waals surface area contributed by atoms with Crippen LogP contribution in [0.2, 0.25) is 0 Å². The Morgan fingerprint density at radius 3 is 2.77 bits per heavy atom. The fourth-order valence-corrected chi connectivity index (χ4v) is 2.62. The molecule has 0 radical (unpaired) electrons. The van der Waals surface area contributed by atoms with Crippen LogP contribution in [-0.4, -0.2) is 31.6 Å². The molecule has 142 valence electrons. The van der Waals surface area contributed by atoms with Gasteiger partial charge in [-0.3, -0.25) is 4.99 Å². The van der Waals surface area contributed by atoms with Crippen molar-refractivity contribution in [1.82, 2.24) is 15.6 Å². The van der Waals surface area contributed by atoms with E-state index in [0.717, 1.165) is 22.0 Å². The molecule has 1 heterocycles. The third-order valence-electron chi connectivity index (χ3n) is 3.62. The van der Waals surface area contributed by atoms with Crippen LogP contribution >= 0.6 is 39.9 Å². The highest BCUT2D eigenvalue weighted by molar-refractivity contribution is 14.0. The second kappa shape index (κ2) is 12.1. The molecule has 0 atom stereocenters. The summed E-state index contributed by atoms with van der Waals surface area (Å²) >= 11 is 3.26. The average Bonchev–Trinajstić information content (AvgIpc) is 2.62. The van der Waals surface area contributed by atoms with E-state index in [1.165, 1.54) is 6.07 Å². The third kappa shape index (κ3) is 7.45. The van der Waals surface area contributed by atoms with Gasteiger partial charge in [-0.05, 0) is 42.2 Å². The van der Waals surface area contributed by atoms with E-state index in [9.17, 15) is 4.39 Å². The molecule has 26 heavy (non-hydrogen) atoms. The number of ether oxygens (including phenoxy) is 1. The first-order chi connectivity index (χ1) is 12.1. The summed E-state index contributed by atoms with van der Waals surface area (Å²) in [6.07, 6.45) is 3.19. The molecule has 2 N–H and O–H groups in total. The highest BCUT2D eigenvalue weighted by Gasteiger charge is 2.04. The van der Waals surface area contributed by atoms with Gasteiger partial charge in [0.1, 0.15) is 5.82 Å². The normalized spacial score (nSPS) is 10.8. The maximum Gasteiger partial charge on any atom is 0.213 e. The van der Waals surface area contributed by atoms with Gasteiger partial charge in [-0.2, -0.15) is 0 Å². The van der Waals surface area contributed by atoms with Gasteiger partial charge >= 0.3 is 0 Å². The molecule has 0 aliphatic carbocycles. The SMILES string of the molecule is CN=C(NCCCc1ccc(Br)cc1F)NCc1ccnc(OC)c1.I. The number of guanidine groups is 1. The van der Waals surface area contributed by atoms with Crippen LogP contribution < -0.4 is 15.4 Å². The van der Waals surface area contributed by atoms with Gasteiger partial charge in [-0.25, -0.2) is 9.37 Å². The van der Waals surface area contributed by atoms with Crippen molar-refractivity contribution in [2.45, 2.75) is 19.4 Å². The lowest BCUT2D eigenvalue weighted by atomic mass is 10.1. The van der Waals surface area contributed by atoms with Crippen molar-refractivity contribution in [2.75, 3.05) is 20.7 Å². The number of benzene rings is 1. The zero-order chi connectivity index (χ0) is 18.1. The molecule has 0 aliphatic heterocycles. The van der Waals surface area contributed by atoms with E-state index in [1.54, 1.807) is 20.4 Å². The summed E-state index contributed by atoms with van der Waals surface area (Å²) < 4.78 is 19.6. The molecule has 0 fully saturated rings. The lowest BCUT2D eigenvalue weighted by Gasteiger charge is -2.12. The van der Waals surface area contributed by atoms with Gasteiger partial charge in [0.15, 0.2) is 5.96 Å². The van der Waals surface area contributed by atoms with E-state index in [1.807, 2.05) is 24.3 Å². The van der Waals surface area contributed by atoms with Crippen LogP contribution in [-0.2, 0) is 13.0 Å². The number of nitrogens with one attached hydrogen (secondary N) is 2. The summed E-state index contributed by atoms with van der Waals surface area (Å²) in [7, 11) is 3.31. The zero-order valence-electron chi connectivity index (χ0n) is 14.8. The third-order valence-corrected chi connectivity index (χ3v) is 4.12. The van der Waals surface area contributed by atoms with Crippen molar-refractivity contribution in [2.24, 2.45) is 4.99 Å². The molecular formula is C18H23BrFIN4O. The fourth-order valence-electron chi connectivity index (χ4n) is 2.29. The Labute approximate surface area is 179 Å². The number of aliphatic imine (C=N–C) groups is 1. The van der Waals surface area contributed by atoms with Gasteiger partial charge in [0, 0.05) is 36.9 Å². The minimum absolute atomic E-state index is 0. The Balaban J connectivity index is 0.00000338. The number of aryl methyl sites for hydroxylation is 1. The molecule has 2 aromatic rings. The fraction of sp³-hybridized carbons (Fsp3) is 0.333. The Kier molecular flexibility index (Phi) is 10.5. The molecule has 0 bridgehead atoms. The minimum Gasteiger partial charge on any atom is -0.481 e. The summed E-state index contributed by atoms with van der Waals surface area (Å²) in [6, 6.07) is 8.95. The van der Waals surface area contributed by atoms with E-state index in [-0.39, 0.29) is 29.8 Å². The van der Waals surface area contributed by atoms with Crippen molar-refractivity contribution in [3.63, 3.8) is 0 Å². The van der Waals surface area contributed by atoms with Crippen LogP contribution in [0.15, 0.2) is 46.0 Å². The summed E-state index contributed by atoms with van der Waals surface area (Å²) in [4.78, 5) is 8.26. The Morgan fingerprint density at radius 2 is 2.08 bits per heavy atom. The van der Waals surface area contributed by atoms with Crippen LogP contribution in [0.25, 0.3) is 0 Å². The molecular weight excluding hydrogens is 514 g/mol. The van der Waals surface area contributed by atoms with Gasteiger partial charge in [0.05, 0.1) is 7.11 Å². The monoisotopic (exact) mass is 536 g/mol. The van der Waals surface area contributed by atoms with Crippen molar-refractivity contribution in [1.29, 1.82) is 0 Å². The van der Waals surface area contributed by atoms with Crippen molar-refractivity contribution < 1.29 is 9.13 Å². The first-order valence-corrected chi connectivity index (χ1v) is 8.79. The van der Waals surface area contributed by atoms with Crippen LogP contribution in [0.5, 0.6) is 5.88 Å². The first kappa shape index (κ1) is 22.6. The molecule has 1 aromatic carbocycles. The van der Waals surface area contributed by atoms with Crippen LogP contribution in [0.3, 0.4) is 0 Å². The number of hydrogen-bond acceptors (Lipinski definition) is 3. The van der Waals surface area contributed by atoms with E-state index in [4.69, 9.17) is 4.74 Å². The summed E-state index contributed by atoms with van der Waals surface area (Å²) in [5.41, 5.74) is 1.77. The Morgan fingerprint density at radius 1 is 1.27 bits per heavy atom. The topological polar surface area (TPSA) is 58.5 Å². The number of halogens is 3. The zero-order valence-corrected chi connectivity index (χ0v) is 18.7. The molecule has 0 amide bonds. The number of hydrogen-bond donors (Lipinski definition) is 2. The second-order valence-electron chi connectivity index (χ2n) is 5.40. The Bertz CT molecular complexity index is 730. The average molecular weight is 537 g/mol. The highest BCUT2D eigenvalue weighted by Crippen LogP contribution is 2.16. The molecule has 1 aromatic heterocycles. The largest absolute Gasteiger partial charge is 0.481 e. The van der Waals surface area contributed by atoms with Crippen molar-refractivity contribution >= 4 is 45.9 Å². The van der Waals surface area contributed by atoms with E-state index >= 15 is 0 Å². The predicted molar refractivity (Wildman–Crippen MR) is 117 cm³/mol. The second-order valence-corrected chi connectivity index (χ2v) is 6.31. The predicted octanol–water partition coefficient (Wildman–Crippen LogP) is 3.91. The molecule has 0 saturated carbocycles.